The molecule has 4 heteroatoms. The molecule has 96 valence electrons. The molecule has 1 rings (SSSR count). The first-order chi connectivity index (χ1) is 8.63. The molecule has 0 saturated heterocycles. The van der Waals surface area contributed by atoms with Gasteiger partial charge in [-0.15, -0.1) is 0 Å². The summed E-state index contributed by atoms with van der Waals surface area (Å²) in [6.07, 6.45) is 0.735. The van der Waals surface area contributed by atoms with Gasteiger partial charge in [0.05, 0.1) is 6.61 Å². The third kappa shape index (κ3) is 5.11. The summed E-state index contributed by atoms with van der Waals surface area (Å²) >= 11 is 5.85. The van der Waals surface area contributed by atoms with E-state index in [9.17, 15) is 4.79 Å². The molecule has 0 bridgehead atoms. The molecule has 1 N–H and O–H groups in total. The van der Waals surface area contributed by atoms with Crippen LogP contribution >= 0.6 is 11.6 Å². The summed E-state index contributed by atoms with van der Waals surface area (Å²) in [5.74, 6) is 5.52. The van der Waals surface area contributed by atoms with E-state index in [1.165, 1.54) is 0 Å². The van der Waals surface area contributed by atoms with Crippen molar-refractivity contribution in [3.05, 3.63) is 28.8 Å². The zero-order valence-electron chi connectivity index (χ0n) is 10.5. The van der Waals surface area contributed by atoms with Gasteiger partial charge in [-0.1, -0.05) is 17.5 Å². The molecule has 0 aromatic heterocycles. The average molecular weight is 266 g/mol. The molecular formula is C14H16ClNO2. The summed E-state index contributed by atoms with van der Waals surface area (Å²) < 4.78 is 5.59. The number of nitrogens with one attached hydrogen (secondary N) is 1. The number of benzene rings is 1. The maximum absolute atomic E-state index is 11.0. The number of hydrogen-bond donors (Lipinski definition) is 1. The number of ether oxygens (including phenoxy) is 1. The number of halogens is 1. The molecule has 0 atom stereocenters. The predicted octanol–water partition coefficient (Wildman–Crippen LogP) is 2.56. The van der Waals surface area contributed by atoms with Crippen LogP contribution in [0.4, 0.5) is 0 Å². The Hall–Kier alpha value is -1.66. The fourth-order valence-corrected chi connectivity index (χ4v) is 1.62. The Morgan fingerprint density at radius 1 is 1.50 bits per heavy atom. The van der Waals surface area contributed by atoms with Crippen molar-refractivity contribution in [3.63, 3.8) is 0 Å². The Labute approximate surface area is 112 Å². The third-order valence-corrected chi connectivity index (χ3v) is 2.47. The van der Waals surface area contributed by atoms with Crippen molar-refractivity contribution in [1.82, 2.24) is 5.32 Å². The number of carbonyl (C=O) groups excluding carboxylic acids is 1. The highest BCUT2D eigenvalue weighted by atomic mass is 35.5. The van der Waals surface area contributed by atoms with Crippen molar-refractivity contribution in [1.29, 1.82) is 0 Å². The van der Waals surface area contributed by atoms with Crippen molar-refractivity contribution >= 4 is 17.5 Å². The monoisotopic (exact) mass is 265 g/mol. The van der Waals surface area contributed by atoms with Crippen molar-refractivity contribution < 1.29 is 9.53 Å². The molecule has 0 saturated carbocycles. The topological polar surface area (TPSA) is 38.3 Å². The molecule has 1 aromatic rings. The van der Waals surface area contributed by atoms with Crippen LogP contribution in [-0.2, 0) is 4.79 Å². The molecule has 0 fully saturated rings. The van der Waals surface area contributed by atoms with Crippen molar-refractivity contribution in [2.45, 2.75) is 20.3 Å². The van der Waals surface area contributed by atoms with Crippen LogP contribution in [0.5, 0.6) is 5.75 Å². The molecule has 0 unspecified atom stereocenters. The first-order valence-electron chi connectivity index (χ1n) is 5.73. The summed E-state index contributed by atoms with van der Waals surface area (Å²) in [7, 11) is 0. The predicted molar refractivity (Wildman–Crippen MR) is 72.8 cm³/mol. The summed E-state index contributed by atoms with van der Waals surface area (Å²) in [5, 5.41) is 3.38. The molecule has 3 nitrogen and oxygen atoms in total. The van der Waals surface area contributed by atoms with E-state index in [0.29, 0.717) is 18.2 Å². The fraction of sp³-hybridized carbons (Fsp3) is 0.357. The molecule has 0 aliphatic heterocycles. The lowest BCUT2D eigenvalue weighted by Crippen LogP contribution is -2.23. The standard InChI is InChI=1S/C14H16ClNO2/c1-3-5-14(17)16-8-4-9-18-13-7-6-12(15)10-11(13)2/h6-7,10H,4,8-9H2,1-2H3,(H,16,17). The van der Waals surface area contributed by atoms with Gasteiger partial charge in [-0.05, 0) is 50.0 Å². The molecular weight excluding hydrogens is 250 g/mol. The largest absolute Gasteiger partial charge is 0.493 e. The van der Waals surface area contributed by atoms with Gasteiger partial charge >= 0.3 is 0 Å². The van der Waals surface area contributed by atoms with Gasteiger partial charge < -0.3 is 10.1 Å². The van der Waals surface area contributed by atoms with E-state index >= 15 is 0 Å². The molecule has 18 heavy (non-hydrogen) atoms. The average Bonchev–Trinajstić information content (AvgIpc) is 2.31. The summed E-state index contributed by atoms with van der Waals surface area (Å²) in [4.78, 5) is 11.0. The lowest BCUT2D eigenvalue weighted by atomic mass is 10.2. The van der Waals surface area contributed by atoms with Crippen molar-refractivity contribution in [3.8, 4) is 17.6 Å². The lowest BCUT2D eigenvalue weighted by molar-refractivity contribution is -0.115. The van der Waals surface area contributed by atoms with Gasteiger partial charge in [0.15, 0.2) is 0 Å². The highest BCUT2D eigenvalue weighted by Crippen LogP contribution is 2.21. The summed E-state index contributed by atoms with van der Waals surface area (Å²) in [6, 6.07) is 5.50. The second-order valence-electron chi connectivity index (χ2n) is 3.74. The first kappa shape index (κ1) is 14.4. The molecule has 0 aliphatic rings. The smallest absolute Gasteiger partial charge is 0.295 e. The maximum Gasteiger partial charge on any atom is 0.295 e. The SMILES string of the molecule is CC#CC(=O)NCCCOc1ccc(Cl)cc1C. The highest BCUT2D eigenvalue weighted by Gasteiger charge is 2.00. The minimum absolute atomic E-state index is 0.250. The van der Waals surface area contributed by atoms with Crippen LogP contribution in [0.25, 0.3) is 0 Å². The van der Waals surface area contributed by atoms with Gasteiger partial charge in [0.25, 0.3) is 5.91 Å². The minimum atomic E-state index is -0.250. The fourth-order valence-electron chi connectivity index (χ4n) is 1.39. The van der Waals surface area contributed by atoms with E-state index in [4.69, 9.17) is 16.3 Å². The summed E-state index contributed by atoms with van der Waals surface area (Å²) in [5.41, 5.74) is 1.00. The van der Waals surface area contributed by atoms with Crippen LogP contribution in [-0.4, -0.2) is 19.1 Å². The molecule has 0 aliphatic carbocycles. The number of aryl methyl sites for hydroxylation is 1. The van der Waals surface area contributed by atoms with Crippen LogP contribution in [0, 0.1) is 18.8 Å². The Balaban J connectivity index is 2.25. The van der Waals surface area contributed by atoms with E-state index < -0.39 is 0 Å². The maximum atomic E-state index is 11.0. The lowest BCUT2D eigenvalue weighted by Gasteiger charge is -2.09. The van der Waals surface area contributed by atoms with Crippen molar-refractivity contribution in [2.24, 2.45) is 0 Å². The molecule has 0 radical (unpaired) electrons. The zero-order valence-corrected chi connectivity index (χ0v) is 11.3. The Morgan fingerprint density at radius 2 is 2.28 bits per heavy atom. The Morgan fingerprint density at radius 3 is 2.94 bits per heavy atom. The Bertz CT molecular complexity index is 474. The molecule has 0 heterocycles. The number of carbonyl (C=O) groups is 1. The van der Waals surface area contributed by atoms with E-state index in [1.54, 1.807) is 13.0 Å². The number of hydrogen-bond acceptors (Lipinski definition) is 2. The van der Waals surface area contributed by atoms with Crippen LogP contribution < -0.4 is 10.1 Å². The molecule has 1 amide bonds. The van der Waals surface area contributed by atoms with Crippen LogP contribution in [0.3, 0.4) is 0 Å². The molecule has 0 spiro atoms. The quantitative estimate of drug-likeness (QED) is 0.656. The van der Waals surface area contributed by atoms with Gasteiger partial charge in [-0.25, -0.2) is 0 Å². The van der Waals surface area contributed by atoms with E-state index in [2.05, 4.69) is 17.2 Å². The second-order valence-corrected chi connectivity index (χ2v) is 4.18. The second kappa shape index (κ2) is 7.62. The van der Waals surface area contributed by atoms with Gasteiger partial charge in [0, 0.05) is 11.6 Å². The van der Waals surface area contributed by atoms with E-state index in [-0.39, 0.29) is 5.91 Å². The van der Waals surface area contributed by atoms with E-state index in [1.807, 2.05) is 19.1 Å². The van der Waals surface area contributed by atoms with E-state index in [0.717, 1.165) is 17.7 Å². The first-order valence-corrected chi connectivity index (χ1v) is 6.11. The number of amides is 1. The van der Waals surface area contributed by atoms with Gasteiger partial charge in [-0.3, -0.25) is 4.79 Å². The zero-order chi connectivity index (χ0) is 13.4. The third-order valence-electron chi connectivity index (χ3n) is 2.24. The van der Waals surface area contributed by atoms with Gasteiger partial charge in [-0.2, -0.15) is 0 Å². The van der Waals surface area contributed by atoms with Gasteiger partial charge in [0.1, 0.15) is 5.75 Å². The Kier molecular flexibility index (Phi) is 6.10. The van der Waals surface area contributed by atoms with Crippen LogP contribution in [0.15, 0.2) is 18.2 Å². The minimum Gasteiger partial charge on any atom is -0.493 e. The number of rotatable bonds is 5. The van der Waals surface area contributed by atoms with Crippen molar-refractivity contribution in [2.75, 3.05) is 13.2 Å². The van der Waals surface area contributed by atoms with Crippen LogP contribution in [0.1, 0.15) is 18.9 Å². The van der Waals surface area contributed by atoms with Crippen LogP contribution in [0.2, 0.25) is 5.02 Å². The normalized spacial score (nSPS) is 9.28. The highest BCUT2D eigenvalue weighted by molar-refractivity contribution is 6.30. The molecule has 1 aromatic carbocycles. The summed E-state index contributed by atoms with van der Waals surface area (Å²) in [6.45, 7) is 4.67. The van der Waals surface area contributed by atoms with Gasteiger partial charge in [0.2, 0.25) is 0 Å².